The van der Waals surface area contributed by atoms with Crippen LogP contribution in [0.4, 0.5) is 0 Å². The predicted molar refractivity (Wildman–Crippen MR) is 280 cm³/mol. The fraction of sp³-hybridized carbons (Fsp3) is 0.566. The van der Waals surface area contributed by atoms with Crippen LogP contribution >= 0.6 is 0 Å². The molecular weight excluding hydrogens is 947 g/mol. The Hall–Kier alpha value is -7.03. The number of fused-ring (bicyclic) bond motifs is 2. The van der Waals surface area contributed by atoms with Gasteiger partial charge in [0, 0.05) is 56.5 Å². The number of aromatic nitrogens is 1. The van der Waals surface area contributed by atoms with E-state index in [2.05, 4.69) is 47.2 Å². The van der Waals surface area contributed by atoms with E-state index in [9.17, 15) is 38.4 Å². The maximum Gasteiger partial charge on any atom is 0.245 e. The number of rotatable bonds is 19. The summed E-state index contributed by atoms with van der Waals surface area (Å²) in [5, 5.41) is 21.0. The predicted octanol–water partition coefficient (Wildman–Crippen LogP) is 0.936. The highest BCUT2D eigenvalue weighted by atomic mass is 16.2. The van der Waals surface area contributed by atoms with E-state index in [-0.39, 0.29) is 70.0 Å². The zero-order valence-electron chi connectivity index (χ0n) is 42.6. The van der Waals surface area contributed by atoms with Gasteiger partial charge >= 0.3 is 0 Å². The molecule has 402 valence electrons. The number of H-pyrrole nitrogens is 1. The van der Waals surface area contributed by atoms with Gasteiger partial charge in [0.05, 0.1) is 0 Å². The molecule has 8 amide bonds. The lowest BCUT2D eigenvalue weighted by Gasteiger charge is -2.32. The molecule has 2 aromatic carbocycles. The first-order valence-electron chi connectivity index (χ1n) is 26.4. The third-order valence-corrected chi connectivity index (χ3v) is 14.2. The maximum atomic E-state index is 14.9. The first-order chi connectivity index (χ1) is 35.7. The number of nitrogens with one attached hydrogen (secondary N) is 8. The second-order valence-electron chi connectivity index (χ2n) is 19.9. The molecule has 3 aliphatic rings. The smallest absolute Gasteiger partial charge is 0.245 e. The molecule has 2 saturated heterocycles. The highest BCUT2D eigenvalue weighted by Gasteiger charge is 2.41. The minimum Gasteiger partial charge on any atom is -0.370 e. The minimum absolute atomic E-state index is 0.0101. The fourth-order valence-electron chi connectivity index (χ4n) is 10.3. The second-order valence-corrected chi connectivity index (χ2v) is 19.9. The Morgan fingerprint density at radius 1 is 0.743 bits per heavy atom. The van der Waals surface area contributed by atoms with Crippen LogP contribution in [0, 0.1) is 5.92 Å². The number of hydrogen-bond acceptors (Lipinski definition) is 10. The van der Waals surface area contributed by atoms with Crippen molar-refractivity contribution in [3.63, 3.8) is 0 Å². The molecule has 2 aliphatic heterocycles. The zero-order valence-corrected chi connectivity index (χ0v) is 42.6. The van der Waals surface area contributed by atoms with Gasteiger partial charge in [0.15, 0.2) is 5.96 Å². The van der Waals surface area contributed by atoms with Gasteiger partial charge in [-0.1, -0.05) is 80.6 Å². The summed E-state index contributed by atoms with van der Waals surface area (Å²) in [5.41, 5.74) is 19.2. The molecule has 1 saturated carbocycles. The van der Waals surface area contributed by atoms with Crippen LogP contribution in [0.25, 0.3) is 10.9 Å². The van der Waals surface area contributed by atoms with Crippen LogP contribution in [0.5, 0.6) is 0 Å². The van der Waals surface area contributed by atoms with Gasteiger partial charge in [0.2, 0.25) is 47.3 Å². The van der Waals surface area contributed by atoms with Crippen molar-refractivity contribution in [1.29, 1.82) is 0 Å². The van der Waals surface area contributed by atoms with Crippen molar-refractivity contribution in [2.75, 3.05) is 26.2 Å². The first kappa shape index (κ1) is 56.3. The quantitative estimate of drug-likeness (QED) is 0.0456. The van der Waals surface area contributed by atoms with Crippen LogP contribution in [0.2, 0.25) is 0 Å². The molecule has 74 heavy (non-hydrogen) atoms. The molecule has 0 bridgehead atoms. The molecular formula is C53H77N13O8. The monoisotopic (exact) mass is 1020 g/mol. The number of hydrogen-bond donors (Lipinski definition) is 11. The molecule has 14 N–H and O–H groups in total. The number of para-hydroxylation sites is 1. The van der Waals surface area contributed by atoms with Crippen LogP contribution < -0.4 is 54.4 Å². The lowest BCUT2D eigenvalue weighted by atomic mass is 9.84. The number of nitrogens with zero attached hydrogens (tertiary/aromatic N) is 2. The van der Waals surface area contributed by atoms with E-state index >= 15 is 0 Å². The molecule has 6 rings (SSSR count). The van der Waals surface area contributed by atoms with E-state index in [1.807, 2.05) is 30.3 Å². The summed E-state index contributed by atoms with van der Waals surface area (Å²) < 4.78 is 0. The number of benzene rings is 2. The molecule has 0 radical (unpaired) electrons. The number of amides is 8. The van der Waals surface area contributed by atoms with Gasteiger partial charge < -0.3 is 64.3 Å². The Balaban J connectivity index is 1.31. The first-order valence-corrected chi connectivity index (χ1v) is 26.4. The van der Waals surface area contributed by atoms with Crippen molar-refractivity contribution in [1.82, 2.24) is 47.1 Å². The average molecular weight is 1020 g/mol. The number of unbranched alkanes of at least 4 members (excludes halogenated alkanes) is 1. The molecule has 0 unspecified atom stereocenters. The third-order valence-electron chi connectivity index (χ3n) is 14.2. The SMILES string of the molecule is CC(=O)N[C@@H](CCCCN)C(=O)N[C@@H](Cc1ccccc1)C(=O)N[C@H]1CCCNC(=O)[C@H](CCCN=C(N)N)NC(=O)[C@H](Cc2c[nH]c3ccccc23)NC(=O)[C@@H](CC2CCCCC2)NC(=O)[C@@H]2CCCN2C1=O. The van der Waals surface area contributed by atoms with E-state index in [0.717, 1.165) is 54.1 Å². The van der Waals surface area contributed by atoms with E-state index in [1.165, 1.54) is 11.8 Å². The van der Waals surface area contributed by atoms with E-state index in [1.54, 1.807) is 30.5 Å². The number of carbonyl (C=O) groups is 8. The molecule has 7 atom stereocenters. The van der Waals surface area contributed by atoms with Crippen molar-refractivity contribution in [2.24, 2.45) is 28.1 Å². The number of carbonyl (C=O) groups excluding carboxylic acids is 8. The van der Waals surface area contributed by atoms with Gasteiger partial charge in [-0.05, 0) is 93.9 Å². The van der Waals surface area contributed by atoms with Crippen LogP contribution in [-0.2, 0) is 51.2 Å². The molecule has 3 heterocycles. The minimum atomic E-state index is -1.22. The second kappa shape index (κ2) is 28.4. The summed E-state index contributed by atoms with van der Waals surface area (Å²) in [6, 6.07) is 8.90. The molecule has 3 aromatic rings. The van der Waals surface area contributed by atoms with Crippen molar-refractivity contribution in [2.45, 2.75) is 158 Å². The van der Waals surface area contributed by atoms with Crippen LogP contribution in [0.1, 0.15) is 114 Å². The Kier molecular flexibility index (Phi) is 21.6. The lowest BCUT2D eigenvalue weighted by molar-refractivity contribution is -0.143. The van der Waals surface area contributed by atoms with Gasteiger partial charge in [0.1, 0.15) is 42.3 Å². The van der Waals surface area contributed by atoms with Crippen LogP contribution in [-0.4, -0.2) is 132 Å². The molecule has 3 fully saturated rings. The molecule has 21 nitrogen and oxygen atoms in total. The van der Waals surface area contributed by atoms with Crippen molar-refractivity contribution in [3.05, 3.63) is 71.9 Å². The van der Waals surface area contributed by atoms with Crippen LogP contribution in [0.15, 0.2) is 65.8 Å². The van der Waals surface area contributed by atoms with Crippen molar-refractivity contribution >= 4 is 64.1 Å². The molecule has 1 aliphatic carbocycles. The zero-order chi connectivity index (χ0) is 53.0. The number of aromatic amines is 1. The number of aliphatic imine (C=N–C) groups is 1. The topological polar surface area (TPSA) is 330 Å². The normalized spacial score (nSPS) is 22.4. The van der Waals surface area contributed by atoms with Crippen molar-refractivity contribution < 1.29 is 38.4 Å². The lowest BCUT2D eigenvalue weighted by Crippen LogP contribution is -2.60. The highest BCUT2D eigenvalue weighted by molar-refractivity contribution is 5.98. The van der Waals surface area contributed by atoms with Gasteiger partial charge in [-0.2, -0.15) is 0 Å². The summed E-state index contributed by atoms with van der Waals surface area (Å²) in [6.45, 7) is 2.09. The largest absolute Gasteiger partial charge is 0.370 e. The summed E-state index contributed by atoms with van der Waals surface area (Å²) in [7, 11) is 0. The van der Waals surface area contributed by atoms with E-state index < -0.39 is 89.6 Å². The number of guanidine groups is 1. The molecule has 21 heteroatoms. The van der Waals surface area contributed by atoms with Gasteiger partial charge in [-0.15, -0.1) is 0 Å². The Labute approximate surface area is 432 Å². The molecule has 0 spiro atoms. The van der Waals surface area contributed by atoms with Gasteiger partial charge in [-0.25, -0.2) is 0 Å². The number of nitrogens with two attached hydrogens (primary N) is 3. The standard InChI is InChI=1S/C53H77N13O8/c1-33(67)60-40(21-10-11-25-54)47(69)63-42(29-34-15-4-2-5-16-34)48(70)62-41-23-13-26-57-46(68)39(22-12-27-58-53(55)56)61-50(72)44(31-36-32-59-38-20-9-8-19-37(36)38)64-49(71)43(30-35-17-6-3-7-18-35)65-51(73)45-24-14-28-66(45)52(41)74/h2,4-5,8-9,15-16,19-20,32,35,39-45,59H,3,6-7,10-14,17-18,21-31,54H2,1H3,(H,57,68)(H,60,67)(H,61,72)(H,62,70)(H,63,69)(H,64,71)(H,65,73)(H4,55,56,58)/t39-,40-,41-,42-,43+,44-,45-/m0/s1. The Morgan fingerprint density at radius 3 is 2.20 bits per heavy atom. The van der Waals surface area contributed by atoms with E-state index in [0.29, 0.717) is 45.1 Å². The van der Waals surface area contributed by atoms with Gasteiger partial charge in [-0.3, -0.25) is 43.3 Å². The average Bonchev–Trinajstić information content (AvgIpc) is 4.05. The maximum absolute atomic E-state index is 14.9. The van der Waals surface area contributed by atoms with Gasteiger partial charge in [0.25, 0.3) is 0 Å². The summed E-state index contributed by atoms with van der Waals surface area (Å²) in [6.07, 6.45) is 9.76. The summed E-state index contributed by atoms with van der Waals surface area (Å²) in [5.74, 6) is -4.48. The highest BCUT2D eigenvalue weighted by Crippen LogP contribution is 2.28. The Bertz CT molecular complexity index is 2420. The summed E-state index contributed by atoms with van der Waals surface area (Å²) in [4.78, 5) is 122. The Morgan fingerprint density at radius 2 is 1.46 bits per heavy atom. The fourth-order valence-corrected chi connectivity index (χ4v) is 10.3. The van der Waals surface area contributed by atoms with Crippen molar-refractivity contribution in [3.8, 4) is 0 Å². The summed E-state index contributed by atoms with van der Waals surface area (Å²) >= 11 is 0. The third kappa shape index (κ3) is 16.8. The molecule has 1 aromatic heterocycles. The van der Waals surface area contributed by atoms with Crippen LogP contribution in [0.3, 0.4) is 0 Å². The van der Waals surface area contributed by atoms with E-state index in [4.69, 9.17) is 17.2 Å².